The van der Waals surface area contributed by atoms with Crippen molar-refractivity contribution in [2.45, 2.75) is 12.8 Å². The first-order valence-corrected chi connectivity index (χ1v) is 5.81. The molecule has 0 spiro atoms. The molecule has 2 nitrogen and oxygen atoms in total. The van der Waals surface area contributed by atoms with E-state index in [9.17, 15) is 0 Å². The van der Waals surface area contributed by atoms with Crippen LogP contribution in [-0.2, 0) is 0 Å². The first-order chi connectivity index (χ1) is 8.45. The summed E-state index contributed by atoms with van der Waals surface area (Å²) in [5, 5.41) is 0. The average molecular weight is 223 g/mol. The number of allylic oxidation sites excluding steroid dienone is 4. The number of hydrogen-bond donors (Lipinski definition) is 0. The Hall–Kier alpha value is -2.09. The van der Waals surface area contributed by atoms with Crippen molar-refractivity contribution in [1.82, 2.24) is 4.98 Å². The maximum atomic E-state index is 5.52. The second kappa shape index (κ2) is 4.42. The highest BCUT2D eigenvalue weighted by Gasteiger charge is 2.13. The molecule has 0 amide bonds. The Balaban J connectivity index is 2.06. The molecule has 0 saturated heterocycles. The van der Waals surface area contributed by atoms with Gasteiger partial charge in [-0.2, -0.15) is 0 Å². The van der Waals surface area contributed by atoms with Crippen molar-refractivity contribution in [3.05, 3.63) is 60.6 Å². The van der Waals surface area contributed by atoms with Crippen LogP contribution in [0.5, 0.6) is 0 Å². The minimum absolute atomic E-state index is 0.850. The first-order valence-electron chi connectivity index (χ1n) is 5.81. The zero-order valence-electron chi connectivity index (χ0n) is 9.47. The third kappa shape index (κ3) is 1.94. The van der Waals surface area contributed by atoms with Gasteiger partial charge in [0.25, 0.3) is 0 Å². The molecule has 0 bridgehead atoms. The molecular formula is C15H13NO. The number of oxazole rings is 1. The number of benzene rings is 1. The van der Waals surface area contributed by atoms with Crippen LogP contribution in [0, 0.1) is 0 Å². The van der Waals surface area contributed by atoms with Crippen LogP contribution in [0.1, 0.15) is 18.5 Å². The molecule has 1 aromatic carbocycles. The molecule has 2 heteroatoms. The second-order valence-corrected chi connectivity index (χ2v) is 4.04. The lowest BCUT2D eigenvalue weighted by Crippen LogP contribution is -1.89. The SMILES string of the molecule is C1=CC(c2ncoc2-c2ccccc2)=CCC1. The Morgan fingerprint density at radius 2 is 1.94 bits per heavy atom. The molecule has 0 fully saturated rings. The molecule has 0 unspecified atom stereocenters. The Morgan fingerprint density at radius 3 is 2.71 bits per heavy atom. The number of rotatable bonds is 2. The summed E-state index contributed by atoms with van der Waals surface area (Å²) in [5.41, 5.74) is 3.16. The van der Waals surface area contributed by atoms with Gasteiger partial charge in [0.15, 0.2) is 12.2 Å². The smallest absolute Gasteiger partial charge is 0.182 e. The van der Waals surface area contributed by atoms with E-state index in [-0.39, 0.29) is 0 Å². The van der Waals surface area contributed by atoms with Gasteiger partial charge in [-0.3, -0.25) is 0 Å². The Kier molecular flexibility index (Phi) is 2.62. The molecule has 84 valence electrons. The van der Waals surface area contributed by atoms with E-state index in [1.54, 1.807) is 0 Å². The van der Waals surface area contributed by atoms with Crippen LogP contribution >= 0.6 is 0 Å². The minimum atomic E-state index is 0.850. The van der Waals surface area contributed by atoms with Gasteiger partial charge in [0.05, 0.1) is 0 Å². The van der Waals surface area contributed by atoms with Crippen molar-refractivity contribution in [2.24, 2.45) is 0 Å². The van der Waals surface area contributed by atoms with Crippen LogP contribution in [0.2, 0.25) is 0 Å². The van der Waals surface area contributed by atoms with Crippen LogP contribution in [0.25, 0.3) is 16.9 Å². The molecule has 0 aliphatic heterocycles. The normalized spacial score (nSPS) is 14.7. The minimum Gasteiger partial charge on any atom is -0.443 e. The van der Waals surface area contributed by atoms with Crippen molar-refractivity contribution >= 4 is 5.57 Å². The fourth-order valence-electron chi connectivity index (χ4n) is 2.04. The molecule has 1 aliphatic carbocycles. The van der Waals surface area contributed by atoms with E-state index in [1.807, 2.05) is 30.3 Å². The van der Waals surface area contributed by atoms with Crippen LogP contribution in [0.3, 0.4) is 0 Å². The molecule has 0 radical (unpaired) electrons. The summed E-state index contributed by atoms with van der Waals surface area (Å²) in [4.78, 5) is 4.33. The highest BCUT2D eigenvalue weighted by Crippen LogP contribution is 2.30. The lowest BCUT2D eigenvalue weighted by molar-refractivity contribution is 0.572. The molecular weight excluding hydrogens is 210 g/mol. The van der Waals surface area contributed by atoms with Gasteiger partial charge in [-0.25, -0.2) is 4.98 Å². The van der Waals surface area contributed by atoms with Crippen LogP contribution < -0.4 is 0 Å². The average Bonchev–Trinajstić information content (AvgIpc) is 2.90. The topological polar surface area (TPSA) is 26.0 Å². The van der Waals surface area contributed by atoms with Crippen LogP contribution in [-0.4, -0.2) is 4.98 Å². The first kappa shape index (κ1) is 10.1. The summed E-state index contributed by atoms with van der Waals surface area (Å²) in [6.07, 6.45) is 10.2. The van der Waals surface area contributed by atoms with Gasteiger partial charge in [-0.15, -0.1) is 0 Å². The Morgan fingerprint density at radius 1 is 1.06 bits per heavy atom. The summed E-state index contributed by atoms with van der Waals surface area (Å²) < 4.78 is 5.52. The Labute approximate surface area is 100 Å². The third-order valence-electron chi connectivity index (χ3n) is 2.87. The van der Waals surface area contributed by atoms with Crippen molar-refractivity contribution in [3.8, 4) is 11.3 Å². The van der Waals surface area contributed by atoms with Gasteiger partial charge in [0.2, 0.25) is 0 Å². The predicted molar refractivity (Wildman–Crippen MR) is 68.3 cm³/mol. The molecule has 1 aliphatic rings. The molecule has 0 saturated carbocycles. The number of aromatic nitrogens is 1. The zero-order chi connectivity index (χ0) is 11.5. The highest BCUT2D eigenvalue weighted by molar-refractivity contribution is 5.81. The van der Waals surface area contributed by atoms with Crippen molar-refractivity contribution < 1.29 is 4.42 Å². The number of nitrogens with zero attached hydrogens (tertiary/aromatic N) is 1. The molecule has 0 N–H and O–H groups in total. The highest BCUT2D eigenvalue weighted by atomic mass is 16.3. The van der Waals surface area contributed by atoms with Crippen molar-refractivity contribution in [3.63, 3.8) is 0 Å². The summed E-state index contributed by atoms with van der Waals surface area (Å²) in [7, 11) is 0. The quantitative estimate of drug-likeness (QED) is 0.766. The fourth-order valence-corrected chi connectivity index (χ4v) is 2.04. The largest absolute Gasteiger partial charge is 0.443 e. The van der Waals surface area contributed by atoms with E-state index >= 15 is 0 Å². The van der Waals surface area contributed by atoms with E-state index in [1.165, 1.54) is 6.39 Å². The lowest BCUT2D eigenvalue weighted by Gasteiger charge is -2.05. The monoisotopic (exact) mass is 223 g/mol. The summed E-state index contributed by atoms with van der Waals surface area (Å²) in [6, 6.07) is 10.1. The van der Waals surface area contributed by atoms with E-state index in [4.69, 9.17) is 4.42 Å². The van der Waals surface area contributed by atoms with Crippen LogP contribution in [0.4, 0.5) is 0 Å². The standard InChI is InChI=1S/C15H13NO/c1-3-7-12(8-4-1)14-15(17-11-16-14)13-9-5-2-6-10-13/h2-3,5-11H,1,4H2. The maximum Gasteiger partial charge on any atom is 0.182 e. The van der Waals surface area contributed by atoms with Gasteiger partial charge in [0.1, 0.15) is 5.69 Å². The van der Waals surface area contributed by atoms with Gasteiger partial charge >= 0.3 is 0 Å². The molecule has 0 atom stereocenters. The van der Waals surface area contributed by atoms with E-state index in [2.05, 4.69) is 23.2 Å². The third-order valence-corrected chi connectivity index (χ3v) is 2.87. The molecule has 3 rings (SSSR count). The summed E-state index contributed by atoms with van der Waals surface area (Å²) in [6.45, 7) is 0. The van der Waals surface area contributed by atoms with Gasteiger partial charge in [-0.05, 0) is 18.4 Å². The van der Waals surface area contributed by atoms with Crippen LogP contribution in [0.15, 0.2) is 59.4 Å². The van der Waals surface area contributed by atoms with E-state index in [0.717, 1.165) is 35.4 Å². The van der Waals surface area contributed by atoms with Crippen molar-refractivity contribution in [1.29, 1.82) is 0 Å². The van der Waals surface area contributed by atoms with Gasteiger partial charge < -0.3 is 4.42 Å². The lowest BCUT2D eigenvalue weighted by atomic mass is 10.0. The zero-order valence-corrected chi connectivity index (χ0v) is 9.47. The fraction of sp³-hybridized carbons (Fsp3) is 0.133. The molecule has 2 aromatic rings. The van der Waals surface area contributed by atoms with Gasteiger partial charge in [0, 0.05) is 5.56 Å². The predicted octanol–water partition coefficient (Wildman–Crippen LogP) is 4.08. The van der Waals surface area contributed by atoms with Gasteiger partial charge in [-0.1, -0.05) is 48.6 Å². The Bertz CT molecular complexity index is 564. The summed E-state index contributed by atoms with van der Waals surface area (Å²) in [5.74, 6) is 0.850. The maximum absolute atomic E-state index is 5.52. The second-order valence-electron chi connectivity index (χ2n) is 4.04. The number of hydrogen-bond acceptors (Lipinski definition) is 2. The summed E-state index contributed by atoms with van der Waals surface area (Å²) >= 11 is 0. The van der Waals surface area contributed by atoms with E-state index in [0.29, 0.717) is 0 Å². The van der Waals surface area contributed by atoms with Crippen molar-refractivity contribution in [2.75, 3.05) is 0 Å². The molecule has 17 heavy (non-hydrogen) atoms. The van der Waals surface area contributed by atoms with E-state index < -0.39 is 0 Å². The molecule has 1 heterocycles. The molecule has 1 aromatic heterocycles.